The van der Waals surface area contributed by atoms with Crippen LogP contribution >= 0.6 is 23.4 Å². The van der Waals surface area contributed by atoms with Crippen molar-refractivity contribution in [2.75, 3.05) is 5.75 Å². The molecule has 0 saturated heterocycles. The van der Waals surface area contributed by atoms with Crippen molar-refractivity contribution < 1.29 is 4.79 Å². The summed E-state index contributed by atoms with van der Waals surface area (Å²) in [5.74, 6) is 0.316. The summed E-state index contributed by atoms with van der Waals surface area (Å²) in [5.41, 5.74) is 1.93. The van der Waals surface area contributed by atoms with Crippen molar-refractivity contribution in [2.24, 2.45) is 0 Å². The van der Waals surface area contributed by atoms with Gasteiger partial charge in [-0.25, -0.2) is 4.98 Å². The van der Waals surface area contributed by atoms with Gasteiger partial charge in [-0.05, 0) is 29.8 Å². The van der Waals surface area contributed by atoms with Crippen LogP contribution in [0.1, 0.15) is 5.56 Å². The molecule has 23 heavy (non-hydrogen) atoms. The first-order valence-corrected chi connectivity index (χ1v) is 8.57. The molecule has 0 aliphatic carbocycles. The Hall–Kier alpha value is -2.04. The number of aromatic nitrogens is 1. The maximum absolute atomic E-state index is 11.9. The molecule has 0 aliphatic heterocycles. The van der Waals surface area contributed by atoms with Gasteiger partial charge in [-0.15, -0.1) is 0 Å². The largest absolute Gasteiger partial charge is 0.351 e. The summed E-state index contributed by atoms with van der Waals surface area (Å²) >= 11 is 7.36. The number of halogens is 1. The van der Waals surface area contributed by atoms with E-state index in [2.05, 4.69) is 10.3 Å². The average molecular weight is 343 g/mol. The second-order valence-electron chi connectivity index (χ2n) is 5.04. The van der Waals surface area contributed by atoms with E-state index in [0.717, 1.165) is 21.5 Å². The number of nitrogens with one attached hydrogen (secondary N) is 1. The number of benzene rings is 2. The molecule has 1 aromatic heterocycles. The Morgan fingerprint density at radius 3 is 2.83 bits per heavy atom. The summed E-state index contributed by atoms with van der Waals surface area (Å²) in [4.78, 5) is 16.5. The molecule has 116 valence electrons. The lowest BCUT2D eigenvalue weighted by molar-refractivity contribution is -0.118. The molecule has 0 spiro atoms. The van der Waals surface area contributed by atoms with E-state index in [0.29, 0.717) is 17.3 Å². The summed E-state index contributed by atoms with van der Waals surface area (Å²) in [5, 5.41) is 5.51. The minimum Gasteiger partial charge on any atom is -0.351 e. The van der Waals surface area contributed by atoms with Gasteiger partial charge in [0.05, 0.1) is 16.3 Å². The van der Waals surface area contributed by atoms with E-state index >= 15 is 0 Å². The maximum Gasteiger partial charge on any atom is 0.230 e. The van der Waals surface area contributed by atoms with Crippen LogP contribution in [-0.2, 0) is 11.3 Å². The van der Waals surface area contributed by atoms with E-state index in [9.17, 15) is 4.79 Å². The molecule has 1 N–H and O–H groups in total. The summed E-state index contributed by atoms with van der Waals surface area (Å²) in [6.07, 6.45) is 0. The van der Waals surface area contributed by atoms with Gasteiger partial charge >= 0.3 is 0 Å². The maximum atomic E-state index is 11.9. The summed E-state index contributed by atoms with van der Waals surface area (Å²) in [6, 6.07) is 19.4. The van der Waals surface area contributed by atoms with E-state index in [4.69, 9.17) is 11.6 Å². The fraction of sp³-hybridized carbons (Fsp3) is 0.111. The molecule has 0 fully saturated rings. The van der Waals surface area contributed by atoms with Gasteiger partial charge in [0.25, 0.3) is 0 Å². The van der Waals surface area contributed by atoms with Gasteiger partial charge < -0.3 is 5.32 Å². The Morgan fingerprint density at radius 1 is 1.09 bits per heavy atom. The summed E-state index contributed by atoms with van der Waals surface area (Å²) < 4.78 is 0. The molecule has 3 rings (SSSR count). The van der Waals surface area contributed by atoms with Gasteiger partial charge in [-0.1, -0.05) is 59.8 Å². The third-order valence-electron chi connectivity index (χ3n) is 3.30. The Balaban J connectivity index is 1.53. The number of para-hydroxylation sites is 1. The van der Waals surface area contributed by atoms with Crippen molar-refractivity contribution in [1.29, 1.82) is 0 Å². The Morgan fingerprint density at radius 2 is 1.96 bits per heavy atom. The van der Waals surface area contributed by atoms with Crippen LogP contribution in [0.2, 0.25) is 5.02 Å². The van der Waals surface area contributed by atoms with Crippen LogP contribution in [0.5, 0.6) is 0 Å². The molecule has 0 radical (unpaired) electrons. The highest BCUT2D eigenvalue weighted by molar-refractivity contribution is 7.99. The zero-order valence-corrected chi connectivity index (χ0v) is 13.9. The van der Waals surface area contributed by atoms with E-state index < -0.39 is 0 Å². The second-order valence-corrected chi connectivity index (χ2v) is 6.47. The molecule has 3 nitrogen and oxygen atoms in total. The third kappa shape index (κ3) is 4.47. The average Bonchev–Trinajstić information content (AvgIpc) is 2.58. The fourth-order valence-electron chi connectivity index (χ4n) is 2.17. The smallest absolute Gasteiger partial charge is 0.230 e. The van der Waals surface area contributed by atoms with Gasteiger partial charge in [0.1, 0.15) is 0 Å². The Bertz CT molecular complexity index is 838. The number of amides is 1. The quantitative estimate of drug-likeness (QED) is 0.703. The van der Waals surface area contributed by atoms with Crippen molar-refractivity contribution in [1.82, 2.24) is 10.3 Å². The number of fused-ring (bicyclic) bond motifs is 1. The monoisotopic (exact) mass is 342 g/mol. The molecular formula is C18H15ClN2OS. The molecule has 0 aliphatic rings. The number of carbonyl (C=O) groups excluding carboxylic acids is 1. The fourth-order valence-corrected chi connectivity index (χ4v) is 3.09. The summed E-state index contributed by atoms with van der Waals surface area (Å²) in [7, 11) is 0. The zero-order chi connectivity index (χ0) is 16.1. The molecule has 3 aromatic rings. The molecule has 2 aromatic carbocycles. The standard InChI is InChI=1S/C18H15ClN2OS/c19-15-6-3-4-13(10-15)11-20-17(22)12-23-18-9-8-14-5-1-2-7-16(14)21-18/h1-10H,11-12H2,(H,20,22). The highest BCUT2D eigenvalue weighted by atomic mass is 35.5. The minimum absolute atomic E-state index is 0.0232. The van der Waals surface area contributed by atoms with Crippen LogP contribution in [0.15, 0.2) is 65.7 Å². The van der Waals surface area contributed by atoms with Crippen LogP contribution in [0.25, 0.3) is 10.9 Å². The SMILES string of the molecule is O=C(CSc1ccc2ccccc2n1)NCc1cccc(Cl)c1. The van der Waals surface area contributed by atoms with Gasteiger partial charge in [-0.3, -0.25) is 4.79 Å². The molecule has 1 heterocycles. The number of rotatable bonds is 5. The topological polar surface area (TPSA) is 42.0 Å². The first kappa shape index (κ1) is 15.8. The molecule has 0 unspecified atom stereocenters. The number of nitrogens with zero attached hydrogens (tertiary/aromatic N) is 1. The van der Waals surface area contributed by atoms with Crippen molar-refractivity contribution in [3.63, 3.8) is 0 Å². The van der Waals surface area contributed by atoms with Crippen LogP contribution in [0, 0.1) is 0 Å². The molecule has 5 heteroatoms. The van der Waals surface area contributed by atoms with Gasteiger partial charge in [-0.2, -0.15) is 0 Å². The number of hydrogen-bond acceptors (Lipinski definition) is 3. The van der Waals surface area contributed by atoms with E-state index in [1.54, 1.807) is 0 Å². The van der Waals surface area contributed by atoms with Gasteiger partial charge in [0.2, 0.25) is 5.91 Å². The highest BCUT2D eigenvalue weighted by Gasteiger charge is 2.05. The molecule has 0 saturated carbocycles. The van der Waals surface area contributed by atoms with Gasteiger partial charge in [0.15, 0.2) is 0 Å². The van der Waals surface area contributed by atoms with Crippen LogP contribution in [0.4, 0.5) is 0 Å². The lowest BCUT2D eigenvalue weighted by Crippen LogP contribution is -2.24. The number of carbonyl (C=O) groups is 1. The number of thioether (sulfide) groups is 1. The predicted molar refractivity (Wildman–Crippen MR) is 95.8 cm³/mol. The van der Waals surface area contributed by atoms with E-state index in [1.165, 1.54) is 11.8 Å². The second kappa shape index (κ2) is 7.49. The van der Waals surface area contributed by atoms with Crippen molar-refractivity contribution >= 4 is 40.2 Å². The summed E-state index contributed by atoms with van der Waals surface area (Å²) in [6.45, 7) is 0.477. The third-order valence-corrected chi connectivity index (χ3v) is 4.47. The normalized spacial score (nSPS) is 10.7. The van der Waals surface area contributed by atoms with Crippen molar-refractivity contribution in [2.45, 2.75) is 11.6 Å². The minimum atomic E-state index is -0.0232. The predicted octanol–water partition coefficient (Wildman–Crippen LogP) is 4.30. The lowest BCUT2D eigenvalue weighted by Gasteiger charge is -2.06. The van der Waals surface area contributed by atoms with E-state index in [1.807, 2.05) is 60.7 Å². The molecule has 0 bridgehead atoms. The Kier molecular flexibility index (Phi) is 5.16. The molecular weight excluding hydrogens is 328 g/mol. The van der Waals surface area contributed by atoms with Crippen molar-refractivity contribution in [3.05, 3.63) is 71.2 Å². The number of hydrogen-bond donors (Lipinski definition) is 1. The van der Waals surface area contributed by atoms with Crippen LogP contribution < -0.4 is 5.32 Å². The highest BCUT2D eigenvalue weighted by Crippen LogP contribution is 2.19. The Labute approximate surface area is 144 Å². The zero-order valence-electron chi connectivity index (χ0n) is 12.3. The van der Waals surface area contributed by atoms with Crippen molar-refractivity contribution in [3.8, 4) is 0 Å². The van der Waals surface area contributed by atoms with Crippen LogP contribution in [0.3, 0.4) is 0 Å². The number of pyridine rings is 1. The lowest BCUT2D eigenvalue weighted by atomic mass is 10.2. The first-order chi connectivity index (χ1) is 11.2. The van der Waals surface area contributed by atoms with E-state index in [-0.39, 0.29) is 5.91 Å². The first-order valence-electron chi connectivity index (χ1n) is 7.20. The molecule has 0 atom stereocenters. The molecule has 1 amide bonds. The van der Waals surface area contributed by atoms with Crippen LogP contribution in [-0.4, -0.2) is 16.6 Å². The van der Waals surface area contributed by atoms with Gasteiger partial charge in [0, 0.05) is 17.0 Å².